The summed E-state index contributed by atoms with van der Waals surface area (Å²) < 4.78 is 6.05. The van der Waals surface area contributed by atoms with E-state index in [0.717, 1.165) is 18.6 Å². The summed E-state index contributed by atoms with van der Waals surface area (Å²) >= 11 is 0. The fourth-order valence-corrected chi connectivity index (χ4v) is 4.43. The minimum Gasteiger partial charge on any atom is -0.505 e. The standard InChI is InChI=1S/C26H33N3O5/c1-5-20(24-13-19(16(2)34-24)17-9-6-7-10-17)27-22(14-30)23(15-31)28-21-12-8-11-18(25(21)32)26(33)29(3)4/h8,11-15,17,20,27-28,32H,5-7,9-10H2,1-4H3/b23-22-/t20-/m1/s1. The first kappa shape index (κ1) is 25.1. The molecule has 1 atom stereocenters. The molecule has 0 unspecified atom stereocenters. The Balaban J connectivity index is 1.88. The summed E-state index contributed by atoms with van der Waals surface area (Å²) in [4.78, 5) is 37.5. The van der Waals surface area contributed by atoms with Crippen molar-refractivity contribution >= 4 is 24.2 Å². The number of amides is 1. The number of aromatic hydroxyl groups is 1. The maximum atomic E-state index is 12.3. The number of hydrogen-bond acceptors (Lipinski definition) is 7. The highest BCUT2D eigenvalue weighted by atomic mass is 16.3. The first-order chi connectivity index (χ1) is 16.3. The Kier molecular flexibility index (Phi) is 8.15. The van der Waals surface area contributed by atoms with Crippen LogP contribution in [0.15, 0.2) is 40.1 Å². The summed E-state index contributed by atoms with van der Waals surface area (Å²) in [5.41, 5.74) is 1.41. The summed E-state index contributed by atoms with van der Waals surface area (Å²) in [6.45, 7) is 3.92. The highest BCUT2D eigenvalue weighted by Crippen LogP contribution is 2.38. The molecule has 1 aliphatic rings. The second-order valence-electron chi connectivity index (χ2n) is 8.84. The Labute approximate surface area is 200 Å². The third kappa shape index (κ3) is 5.32. The summed E-state index contributed by atoms with van der Waals surface area (Å²) in [5, 5.41) is 16.5. The lowest BCUT2D eigenvalue weighted by Gasteiger charge is -2.19. The fraction of sp³-hybridized carbons (Fsp3) is 0.423. The molecular formula is C26H33N3O5. The molecule has 0 saturated heterocycles. The van der Waals surface area contributed by atoms with Crippen molar-refractivity contribution in [1.82, 2.24) is 10.2 Å². The van der Waals surface area contributed by atoms with E-state index in [-0.39, 0.29) is 40.3 Å². The van der Waals surface area contributed by atoms with Gasteiger partial charge in [-0.25, -0.2) is 0 Å². The van der Waals surface area contributed by atoms with Crippen LogP contribution >= 0.6 is 0 Å². The van der Waals surface area contributed by atoms with Crippen molar-refractivity contribution in [2.45, 2.75) is 57.9 Å². The van der Waals surface area contributed by atoms with E-state index in [1.165, 1.54) is 35.4 Å². The predicted molar refractivity (Wildman–Crippen MR) is 130 cm³/mol. The number of nitrogens with zero attached hydrogens (tertiary/aromatic N) is 1. The maximum Gasteiger partial charge on any atom is 0.257 e. The molecule has 0 spiro atoms. The molecule has 182 valence electrons. The van der Waals surface area contributed by atoms with E-state index in [2.05, 4.69) is 16.7 Å². The molecule has 3 rings (SSSR count). The van der Waals surface area contributed by atoms with Gasteiger partial charge in [-0.3, -0.25) is 14.4 Å². The maximum absolute atomic E-state index is 12.3. The van der Waals surface area contributed by atoms with Crippen molar-refractivity contribution in [3.05, 3.63) is 58.3 Å². The Bertz CT molecular complexity index is 1080. The van der Waals surface area contributed by atoms with E-state index in [1.54, 1.807) is 20.2 Å². The minimum absolute atomic E-state index is 0.0297. The number of hydrogen-bond donors (Lipinski definition) is 3. The molecule has 1 saturated carbocycles. The highest BCUT2D eigenvalue weighted by Gasteiger charge is 2.25. The molecule has 3 N–H and O–H groups in total. The van der Waals surface area contributed by atoms with Gasteiger partial charge in [-0.15, -0.1) is 0 Å². The Hall–Kier alpha value is -3.55. The number of aldehydes is 2. The number of nitrogens with one attached hydrogen (secondary N) is 2. The SMILES string of the molecule is CC[C@@H](N/C(C=O)=C(/C=O)Nc1cccc(C(=O)N(C)C)c1O)c1cc(C2CCCC2)c(C)o1. The number of phenolic OH excluding ortho intramolecular Hbond substituents is 1. The molecule has 8 nitrogen and oxygen atoms in total. The monoisotopic (exact) mass is 467 g/mol. The summed E-state index contributed by atoms with van der Waals surface area (Å²) in [5.74, 6) is 1.42. The van der Waals surface area contributed by atoms with Gasteiger partial charge in [-0.05, 0) is 55.9 Å². The molecule has 1 aromatic heterocycles. The van der Waals surface area contributed by atoms with Crippen LogP contribution in [0.3, 0.4) is 0 Å². The number of allylic oxidation sites excluding steroid dienone is 2. The average molecular weight is 468 g/mol. The second kappa shape index (κ2) is 11.0. The van der Waals surface area contributed by atoms with Gasteiger partial charge >= 0.3 is 0 Å². The molecule has 1 amide bonds. The molecule has 1 heterocycles. The average Bonchev–Trinajstić information content (AvgIpc) is 3.49. The van der Waals surface area contributed by atoms with Crippen molar-refractivity contribution in [3.63, 3.8) is 0 Å². The molecule has 1 aromatic carbocycles. The number of rotatable bonds is 10. The van der Waals surface area contributed by atoms with Gasteiger partial charge in [0, 0.05) is 14.1 Å². The van der Waals surface area contributed by atoms with Gasteiger partial charge in [-0.2, -0.15) is 0 Å². The van der Waals surface area contributed by atoms with Crippen LogP contribution in [0.5, 0.6) is 5.75 Å². The zero-order valence-electron chi connectivity index (χ0n) is 20.2. The van der Waals surface area contributed by atoms with Gasteiger partial charge in [-0.1, -0.05) is 25.8 Å². The lowest BCUT2D eigenvalue weighted by molar-refractivity contribution is -0.107. The van der Waals surface area contributed by atoms with Crippen LogP contribution in [0, 0.1) is 6.92 Å². The third-order valence-electron chi connectivity index (χ3n) is 6.32. The normalized spacial score (nSPS) is 15.4. The van der Waals surface area contributed by atoms with Crippen molar-refractivity contribution in [1.29, 1.82) is 0 Å². The first-order valence-corrected chi connectivity index (χ1v) is 11.6. The van der Waals surface area contributed by atoms with Crippen LogP contribution in [0.25, 0.3) is 0 Å². The van der Waals surface area contributed by atoms with Gasteiger partial charge in [0.05, 0.1) is 17.3 Å². The molecule has 8 heteroatoms. The van der Waals surface area contributed by atoms with Crippen LogP contribution in [0.1, 0.15) is 78.4 Å². The van der Waals surface area contributed by atoms with Crippen LogP contribution in [-0.4, -0.2) is 42.6 Å². The summed E-state index contributed by atoms with van der Waals surface area (Å²) in [6.07, 6.45) is 6.43. The van der Waals surface area contributed by atoms with Crippen LogP contribution < -0.4 is 10.6 Å². The van der Waals surface area contributed by atoms with Crippen LogP contribution in [0.4, 0.5) is 5.69 Å². The molecule has 2 aromatic rings. The smallest absolute Gasteiger partial charge is 0.257 e. The molecule has 0 aliphatic heterocycles. The minimum atomic E-state index is -0.385. The molecule has 1 aliphatic carbocycles. The van der Waals surface area contributed by atoms with E-state index in [4.69, 9.17) is 4.42 Å². The topological polar surface area (TPSA) is 112 Å². The van der Waals surface area contributed by atoms with Gasteiger partial charge < -0.3 is 25.1 Å². The molecule has 34 heavy (non-hydrogen) atoms. The zero-order chi connectivity index (χ0) is 24.8. The summed E-state index contributed by atoms with van der Waals surface area (Å²) in [7, 11) is 3.15. The number of phenols is 1. The van der Waals surface area contributed by atoms with Crippen LogP contribution in [0.2, 0.25) is 0 Å². The van der Waals surface area contributed by atoms with Gasteiger partial charge in [0.2, 0.25) is 0 Å². The zero-order valence-corrected chi connectivity index (χ0v) is 20.2. The fourth-order valence-electron chi connectivity index (χ4n) is 4.43. The number of aryl methyl sites for hydroxylation is 1. The van der Waals surface area contributed by atoms with Crippen LogP contribution in [-0.2, 0) is 9.59 Å². The number of para-hydroxylation sites is 1. The van der Waals surface area contributed by atoms with E-state index < -0.39 is 0 Å². The number of carbonyl (C=O) groups is 3. The number of anilines is 1. The lowest BCUT2D eigenvalue weighted by atomic mass is 9.97. The molecule has 0 radical (unpaired) electrons. The Morgan fingerprint density at radius 1 is 1.21 bits per heavy atom. The van der Waals surface area contributed by atoms with E-state index >= 15 is 0 Å². The highest BCUT2D eigenvalue weighted by molar-refractivity contribution is 5.99. The Morgan fingerprint density at radius 2 is 1.88 bits per heavy atom. The quantitative estimate of drug-likeness (QED) is 0.269. The van der Waals surface area contributed by atoms with E-state index in [9.17, 15) is 19.5 Å². The first-order valence-electron chi connectivity index (χ1n) is 11.6. The van der Waals surface area contributed by atoms with Crippen molar-refractivity contribution in [3.8, 4) is 5.75 Å². The second-order valence-corrected chi connectivity index (χ2v) is 8.84. The largest absolute Gasteiger partial charge is 0.505 e. The van der Waals surface area contributed by atoms with Crippen molar-refractivity contribution in [2.75, 3.05) is 19.4 Å². The molecule has 0 bridgehead atoms. The number of furan rings is 1. The Morgan fingerprint density at radius 3 is 2.47 bits per heavy atom. The third-order valence-corrected chi connectivity index (χ3v) is 6.32. The number of benzene rings is 1. The van der Waals surface area contributed by atoms with E-state index in [0.29, 0.717) is 30.7 Å². The summed E-state index contributed by atoms with van der Waals surface area (Å²) in [6, 6.07) is 6.33. The molecular weight excluding hydrogens is 434 g/mol. The predicted octanol–water partition coefficient (Wildman–Crippen LogP) is 4.42. The lowest BCUT2D eigenvalue weighted by Crippen LogP contribution is -2.25. The van der Waals surface area contributed by atoms with Crippen molar-refractivity contribution in [2.24, 2.45) is 0 Å². The van der Waals surface area contributed by atoms with Gasteiger partial charge in [0.25, 0.3) is 5.91 Å². The van der Waals surface area contributed by atoms with E-state index in [1.807, 2.05) is 13.8 Å². The molecule has 1 fully saturated rings. The van der Waals surface area contributed by atoms with Gasteiger partial charge in [0.1, 0.15) is 22.9 Å². The van der Waals surface area contributed by atoms with Crippen molar-refractivity contribution < 1.29 is 23.9 Å². The van der Waals surface area contributed by atoms with Gasteiger partial charge in [0.15, 0.2) is 18.3 Å². The number of carbonyl (C=O) groups excluding carboxylic acids is 3.